The van der Waals surface area contributed by atoms with E-state index in [0.29, 0.717) is 11.5 Å². The highest BCUT2D eigenvalue weighted by Gasteiger charge is 2.23. The second-order valence-corrected chi connectivity index (χ2v) is 7.64. The molecule has 0 aliphatic rings. The first-order valence-corrected chi connectivity index (χ1v) is 9.09. The number of hydrogen-bond acceptors (Lipinski definition) is 5. The number of thiophene rings is 1. The number of rotatable bonds is 8. The van der Waals surface area contributed by atoms with Gasteiger partial charge < -0.3 is 4.74 Å². The van der Waals surface area contributed by atoms with Crippen LogP contribution in [0.2, 0.25) is 0 Å². The Balaban J connectivity index is 2.94. The Labute approximate surface area is 130 Å². The van der Waals surface area contributed by atoms with Crippen LogP contribution >= 0.6 is 11.3 Å². The van der Waals surface area contributed by atoms with Crippen molar-refractivity contribution in [3.63, 3.8) is 0 Å². The average molecular weight is 334 g/mol. The quantitative estimate of drug-likeness (QED) is 0.742. The van der Waals surface area contributed by atoms with Crippen LogP contribution in [-0.2, 0) is 14.9 Å². The van der Waals surface area contributed by atoms with Crippen LogP contribution in [0.4, 0.5) is 5.00 Å². The van der Waals surface area contributed by atoms with Crippen molar-refractivity contribution in [3.05, 3.63) is 16.5 Å². The number of anilines is 1. The zero-order valence-corrected chi connectivity index (χ0v) is 14.4. The minimum absolute atomic E-state index is 0.246. The molecule has 0 radical (unpaired) electrons. The van der Waals surface area contributed by atoms with E-state index in [1.54, 1.807) is 13.0 Å². The van der Waals surface area contributed by atoms with Gasteiger partial charge in [-0.3, -0.25) is 4.72 Å². The van der Waals surface area contributed by atoms with Crippen LogP contribution in [0.25, 0.3) is 0 Å². The predicted molar refractivity (Wildman–Crippen MR) is 85.1 cm³/mol. The van der Waals surface area contributed by atoms with Crippen molar-refractivity contribution in [3.8, 4) is 0 Å². The maximum atomic E-state index is 12.2. The molecule has 8 heteroatoms. The Morgan fingerprint density at radius 3 is 2.67 bits per heavy atom. The highest BCUT2D eigenvalue weighted by molar-refractivity contribution is 7.90. The van der Waals surface area contributed by atoms with Crippen LogP contribution in [0.5, 0.6) is 0 Å². The molecule has 6 nitrogen and oxygen atoms in total. The van der Waals surface area contributed by atoms with Crippen LogP contribution in [-0.4, -0.2) is 38.9 Å². The van der Waals surface area contributed by atoms with E-state index in [0.717, 1.165) is 17.7 Å². The molecule has 0 aliphatic carbocycles. The molecule has 0 atom stereocenters. The first kappa shape index (κ1) is 17.9. The molecule has 0 fully saturated rings. The second kappa shape index (κ2) is 7.77. The van der Waals surface area contributed by atoms with Gasteiger partial charge in [0.2, 0.25) is 0 Å². The zero-order chi connectivity index (χ0) is 16.0. The van der Waals surface area contributed by atoms with Crippen molar-refractivity contribution >= 4 is 32.5 Å². The third-order valence-corrected chi connectivity index (χ3v) is 5.37. The van der Waals surface area contributed by atoms with Crippen molar-refractivity contribution in [2.75, 3.05) is 24.9 Å². The summed E-state index contributed by atoms with van der Waals surface area (Å²) < 4.78 is 33.1. The molecule has 0 saturated heterocycles. The summed E-state index contributed by atoms with van der Waals surface area (Å²) in [6, 6.07) is 1.63. The predicted octanol–water partition coefficient (Wildman–Crippen LogP) is 2.62. The first-order valence-electron chi connectivity index (χ1n) is 6.83. The fourth-order valence-electron chi connectivity index (χ4n) is 1.65. The third kappa shape index (κ3) is 4.98. The van der Waals surface area contributed by atoms with Crippen LogP contribution < -0.4 is 4.72 Å². The molecule has 0 aliphatic heterocycles. The molecule has 0 unspecified atom stereocenters. The molecule has 0 bridgehead atoms. The standard InChI is InChI=1S/C13H22N2O4S2/c1-5-7-8-15(4)21(17,18)14-12-11(9-10(3)20-12)13(16)19-6-2/h9,14H,5-8H2,1-4H3. The van der Waals surface area contributed by atoms with E-state index in [4.69, 9.17) is 4.74 Å². The fraction of sp³-hybridized carbons (Fsp3) is 0.615. The van der Waals surface area contributed by atoms with E-state index in [-0.39, 0.29) is 12.2 Å². The fourth-order valence-corrected chi connectivity index (χ4v) is 3.75. The van der Waals surface area contributed by atoms with E-state index in [9.17, 15) is 13.2 Å². The molecule has 0 saturated carbocycles. The van der Waals surface area contributed by atoms with Gasteiger partial charge in [0.15, 0.2) is 0 Å². The highest BCUT2D eigenvalue weighted by atomic mass is 32.2. The number of unbranched alkanes of at least 4 members (excludes halogenated alkanes) is 1. The number of aryl methyl sites for hydroxylation is 1. The van der Waals surface area contributed by atoms with Crippen molar-refractivity contribution in [1.82, 2.24) is 4.31 Å². The van der Waals surface area contributed by atoms with Crippen LogP contribution in [0.1, 0.15) is 41.9 Å². The summed E-state index contributed by atoms with van der Waals surface area (Å²) in [5, 5.41) is 0.300. The van der Waals surface area contributed by atoms with Gasteiger partial charge in [-0.2, -0.15) is 12.7 Å². The summed E-state index contributed by atoms with van der Waals surface area (Å²) in [5.74, 6) is -0.518. The molecule has 1 heterocycles. The van der Waals surface area contributed by atoms with Gasteiger partial charge in [0, 0.05) is 18.5 Å². The van der Waals surface area contributed by atoms with E-state index in [2.05, 4.69) is 4.72 Å². The van der Waals surface area contributed by atoms with Crippen molar-refractivity contribution in [2.45, 2.75) is 33.6 Å². The topological polar surface area (TPSA) is 75.7 Å². The first-order chi connectivity index (χ1) is 9.81. The van der Waals surface area contributed by atoms with Gasteiger partial charge in [-0.15, -0.1) is 11.3 Å². The van der Waals surface area contributed by atoms with Gasteiger partial charge in [-0.05, 0) is 26.3 Å². The number of carbonyl (C=O) groups is 1. The second-order valence-electron chi connectivity index (χ2n) is 4.60. The molecular formula is C13H22N2O4S2. The molecule has 21 heavy (non-hydrogen) atoms. The monoisotopic (exact) mass is 334 g/mol. The molecule has 0 amide bonds. The summed E-state index contributed by atoms with van der Waals surface area (Å²) in [6.45, 7) is 6.20. The van der Waals surface area contributed by atoms with Gasteiger partial charge >= 0.3 is 16.2 Å². The molecule has 1 rings (SSSR count). The Morgan fingerprint density at radius 1 is 1.43 bits per heavy atom. The maximum Gasteiger partial charge on any atom is 0.341 e. The summed E-state index contributed by atoms with van der Waals surface area (Å²) in [4.78, 5) is 12.7. The van der Waals surface area contributed by atoms with Gasteiger partial charge in [0.05, 0.1) is 12.2 Å². The van der Waals surface area contributed by atoms with E-state index in [1.807, 2.05) is 13.8 Å². The summed E-state index contributed by atoms with van der Waals surface area (Å²) in [6.07, 6.45) is 1.69. The molecular weight excluding hydrogens is 312 g/mol. The lowest BCUT2D eigenvalue weighted by molar-refractivity contribution is 0.0528. The smallest absolute Gasteiger partial charge is 0.341 e. The van der Waals surface area contributed by atoms with Crippen molar-refractivity contribution < 1.29 is 17.9 Å². The number of ether oxygens (including phenoxy) is 1. The highest BCUT2D eigenvalue weighted by Crippen LogP contribution is 2.29. The maximum absolute atomic E-state index is 12.2. The lowest BCUT2D eigenvalue weighted by Gasteiger charge is -2.17. The molecule has 1 aromatic rings. The summed E-state index contributed by atoms with van der Waals surface area (Å²) in [7, 11) is -2.14. The number of hydrogen-bond donors (Lipinski definition) is 1. The van der Waals surface area contributed by atoms with Crippen molar-refractivity contribution in [1.29, 1.82) is 0 Å². The lowest BCUT2D eigenvalue weighted by atomic mass is 10.3. The van der Waals surface area contributed by atoms with E-state index in [1.165, 1.54) is 22.7 Å². The summed E-state index contributed by atoms with van der Waals surface area (Å²) in [5.41, 5.74) is 0.256. The van der Waals surface area contributed by atoms with Gasteiger partial charge in [-0.25, -0.2) is 4.79 Å². The summed E-state index contributed by atoms with van der Waals surface area (Å²) >= 11 is 1.22. The Kier molecular flexibility index (Phi) is 6.63. The molecule has 1 aromatic heterocycles. The van der Waals surface area contributed by atoms with Gasteiger partial charge in [0.25, 0.3) is 0 Å². The average Bonchev–Trinajstić information content (AvgIpc) is 2.76. The SMILES string of the molecule is CCCCN(C)S(=O)(=O)Nc1sc(C)cc1C(=O)OCC. The largest absolute Gasteiger partial charge is 0.462 e. The Hall–Kier alpha value is -1.12. The van der Waals surface area contributed by atoms with E-state index < -0.39 is 16.2 Å². The minimum atomic E-state index is -3.66. The Bertz CT molecular complexity index is 581. The Morgan fingerprint density at radius 2 is 2.10 bits per heavy atom. The minimum Gasteiger partial charge on any atom is -0.462 e. The third-order valence-electron chi connectivity index (χ3n) is 2.81. The zero-order valence-electron chi connectivity index (χ0n) is 12.8. The number of nitrogens with one attached hydrogen (secondary N) is 1. The van der Waals surface area contributed by atoms with Crippen LogP contribution in [0.3, 0.4) is 0 Å². The van der Waals surface area contributed by atoms with Gasteiger partial charge in [0.1, 0.15) is 5.00 Å². The molecule has 0 spiro atoms. The lowest BCUT2D eigenvalue weighted by Crippen LogP contribution is -2.33. The van der Waals surface area contributed by atoms with Gasteiger partial charge in [-0.1, -0.05) is 13.3 Å². The normalized spacial score (nSPS) is 11.7. The van der Waals surface area contributed by atoms with Crippen LogP contribution in [0.15, 0.2) is 6.07 Å². The molecule has 120 valence electrons. The molecule has 0 aromatic carbocycles. The number of esters is 1. The van der Waals surface area contributed by atoms with E-state index >= 15 is 0 Å². The molecule has 1 N–H and O–H groups in total. The number of nitrogens with zero attached hydrogens (tertiary/aromatic N) is 1. The van der Waals surface area contributed by atoms with Crippen LogP contribution in [0, 0.1) is 6.92 Å². The van der Waals surface area contributed by atoms with Crippen molar-refractivity contribution in [2.24, 2.45) is 0 Å². The number of carbonyl (C=O) groups excluding carboxylic acids is 1.